The van der Waals surface area contributed by atoms with E-state index in [1.54, 1.807) is 18.2 Å². The van der Waals surface area contributed by atoms with E-state index in [1.165, 1.54) is 28.6 Å². The van der Waals surface area contributed by atoms with E-state index in [1.807, 2.05) is 13.8 Å². The molecule has 1 aliphatic rings. The van der Waals surface area contributed by atoms with Crippen LogP contribution in [0.15, 0.2) is 47.4 Å². The first kappa shape index (κ1) is 21.1. The molecule has 2 atom stereocenters. The fourth-order valence-electron chi connectivity index (χ4n) is 3.08. The number of nitrogens with zero attached hydrogens (tertiary/aromatic N) is 1. The molecule has 1 amide bonds. The van der Waals surface area contributed by atoms with Crippen molar-refractivity contribution in [3.05, 3.63) is 58.1 Å². The van der Waals surface area contributed by atoms with E-state index in [0.29, 0.717) is 34.4 Å². The first-order chi connectivity index (χ1) is 13.1. The minimum Gasteiger partial charge on any atom is -0.373 e. The zero-order chi connectivity index (χ0) is 20.5. The van der Waals surface area contributed by atoms with Crippen LogP contribution in [0, 0.1) is 0 Å². The summed E-state index contributed by atoms with van der Waals surface area (Å²) in [4.78, 5) is 12.5. The van der Waals surface area contributed by atoms with Gasteiger partial charge in [-0.15, -0.1) is 0 Å². The van der Waals surface area contributed by atoms with Crippen molar-refractivity contribution in [2.75, 3.05) is 18.4 Å². The Kier molecular flexibility index (Phi) is 6.31. The maximum absolute atomic E-state index is 12.9. The van der Waals surface area contributed by atoms with Crippen LogP contribution in [0.25, 0.3) is 0 Å². The summed E-state index contributed by atoms with van der Waals surface area (Å²) >= 11 is 11.9. The predicted molar refractivity (Wildman–Crippen MR) is 110 cm³/mol. The molecule has 2 unspecified atom stereocenters. The molecule has 1 fully saturated rings. The molecule has 0 saturated carbocycles. The SMILES string of the molecule is CC1CN(S(=O)(=O)c2ccc(C(=O)Nc3cc(Cl)cc(Cl)c3)cc2)CC(C)O1. The van der Waals surface area contributed by atoms with Crippen molar-refractivity contribution in [1.82, 2.24) is 4.31 Å². The minimum atomic E-state index is -3.65. The highest BCUT2D eigenvalue weighted by molar-refractivity contribution is 7.89. The van der Waals surface area contributed by atoms with Crippen LogP contribution >= 0.6 is 23.2 Å². The summed E-state index contributed by atoms with van der Waals surface area (Å²) in [6.07, 6.45) is -0.346. The highest BCUT2D eigenvalue weighted by atomic mass is 35.5. The van der Waals surface area contributed by atoms with Crippen LogP contribution in [-0.2, 0) is 14.8 Å². The van der Waals surface area contributed by atoms with Gasteiger partial charge in [-0.2, -0.15) is 4.31 Å². The molecule has 3 rings (SSSR count). The van der Waals surface area contributed by atoms with Gasteiger partial charge in [-0.3, -0.25) is 4.79 Å². The molecule has 1 aliphatic heterocycles. The van der Waals surface area contributed by atoms with Gasteiger partial charge in [-0.25, -0.2) is 8.42 Å². The summed E-state index contributed by atoms with van der Waals surface area (Å²) in [6.45, 7) is 4.27. The van der Waals surface area contributed by atoms with Gasteiger partial charge in [0.15, 0.2) is 0 Å². The van der Waals surface area contributed by atoms with Gasteiger partial charge < -0.3 is 10.1 Å². The van der Waals surface area contributed by atoms with Gasteiger partial charge >= 0.3 is 0 Å². The molecule has 1 saturated heterocycles. The summed E-state index contributed by atoms with van der Waals surface area (Å²) in [5.41, 5.74) is 0.772. The number of hydrogen-bond acceptors (Lipinski definition) is 4. The molecule has 2 aromatic rings. The fraction of sp³-hybridized carbons (Fsp3) is 0.316. The molecule has 0 radical (unpaired) electrons. The second kappa shape index (κ2) is 8.39. The molecule has 28 heavy (non-hydrogen) atoms. The number of sulfonamides is 1. The second-order valence-electron chi connectivity index (χ2n) is 6.72. The second-order valence-corrected chi connectivity index (χ2v) is 9.53. The van der Waals surface area contributed by atoms with E-state index in [9.17, 15) is 13.2 Å². The third-order valence-corrected chi connectivity index (χ3v) is 6.54. The highest BCUT2D eigenvalue weighted by Gasteiger charge is 2.32. The Bertz CT molecular complexity index is 950. The van der Waals surface area contributed by atoms with Crippen LogP contribution in [0.2, 0.25) is 10.0 Å². The summed E-state index contributed by atoms with van der Waals surface area (Å²) in [5.74, 6) is -0.393. The zero-order valence-corrected chi connectivity index (χ0v) is 17.7. The number of rotatable bonds is 4. The van der Waals surface area contributed by atoms with Gasteiger partial charge in [-0.1, -0.05) is 23.2 Å². The van der Waals surface area contributed by atoms with Crippen LogP contribution in [0.1, 0.15) is 24.2 Å². The summed E-state index contributed by atoms with van der Waals surface area (Å²) < 4.78 is 32.7. The van der Waals surface area contributed by atoms with Crippen molar-refractivity contribution in [1.29, 1.82) is 0 Å². The number of amides is 1. The summed E-state index contributed by atoms with van der Waals surface area (Å²) in [6, 6.07) is 10.5. The molecule has 6 nitrogen and oxygen atoms in total. The van der Waals surface area contributed by atoms with E-state index in [-0.39, 0.29) is 17.1 Å². The normalized spacial score (nSPS) is 20.7. The molecule has 1 N–H and O–H groups in total. The van der Waals surface area contributed by atoms with E-state index in [4.69, 9.17) is 27.9 Å². The first-order valence-electron chi connectivity index (χ1n) is 8.68. The van der Waals surface area contributed by atoms with E-state index < -0.39 is 15.9 Å². The number of anilines is 1. The first-order valence-corrected chi connectivity index (χ1v) is 10.9. The van der Waals surface area contributed by atoms with E-state index in [0.717, 1.165) is 0 Å². The van der Waals surface area contributed by atoms with E-state index >= 15 is 0 Å². The number of carbonyl (C=O) groups excluding carboxylic acids is 1. The van der Waals surface area contributed by atoms with Gasteiger partial charge in [0, 0.05) is 34.4 Å². The smallest absolute Gasteiger partial charge is 0.255 e. The van der Waals surface area contributed by atoms with Crippen molar-refractivity contribution in [3.63, 3.8) is 0 Å². The topological polar surface area (TPSA) is 75.7 Å². The number of ether oxygens (including phenoxy) is 1. The van der Waals surface area contributed by atoms with Gasteiger partial charge in [0.2, 0.25) is 10.0 Å². The van der Waals surface area contributed by atoms with Crippen molar-refractivity contribution < 1.29 is 17.9 Å². The third-order valence-electron chi connectivity index (χ3n) is 4.26. The Balaban J connectivity index is 1.76. The molecule has 0 spiro atoms. The van der Waals surface area contributed by atoms with Crippen molar-refractivity contribution in [2.24, 2.45) is 0 Å². The fourth-order valence-corrected chi connectivity index (χ4v) is 5.20. The Morgan fingerprint density at radius 2 is 1.57 bits per heavy atom. The average Bonchev–Trinajstić information content (AvgIpc) is 2.60. The van der Waals surface area contributed by atoms with Crippen LogP contribution in [0.5, 0.6) is 0 Å². The van der Waals surface area contributed by atoms with Gasteiger partial charge in [0.25, 0.3) is 5.91 Å². The molecular formula is C19H20Cl2N2O4S. The monoisotopic (exact) mass is 442 g/mol. The lowest BCUT2D eigenvalue weighted by Crippen LogP contribution is -2.48. The lowest BCUT2D eigenvalue weighted by atomic mass is 10.2. The van der Waals surface area contributed by atoms with Crippen LogP contribution in [-0.4, -0.2) is 43.9 Å². The van der Waals surface area contributed by atoms with Crippen molar-refractivity contribution in [2.45, 2.75) is 31.0 Å². The van der Waals surface area contributed by atoms with E-state index in [2.05, 4.69) is 5.32 Å². The summed E-state index contributed by atoms with van der Waals surface area (Å²) in [5, 5.41) is 3.49. The standard InChI is InChI=1S/C19H20Cl2N2O4S/c1-12-10-23(11-13(2)27-12)28(25,26)18-5-3-14(4-6-18)19(24)22-17-8-15(20)7-16(21)9-17/h3-9,12-13H,10-11H2,1-2H3,(H,22,24). The lowest BCUT2D eigenvalue weighted by molar-refractivity contribution is -0.0440. The molecule has 0 bridgehead atoms. The zero-order valence-electron chi connectivity index (χ0n) is 15.4. The van der Waals surface area contributed by atoms with Crippen LogP contribution in [0.3, 0.4) is 0 Å². The largest absolute Gasteiger partial charge is 0.373 e. The van der Waals surface area contributed by atoms with Gasteiger partial charge in [0.1, 0.15) is 0 Å². The van der Waals surface area contributed by atoms with Gasteiger partial charge in [-0.05, 0) is 56.3 Å². The molecule has 0 aromatic heterocycles. The number of morpholine rings is 1. The number of benzene rings is 2. The molecule has 2 aromatic carbocycles. The Hall–Kier alpha value is -1.64. The molecule has 1 heterocycles. The average molecular weight is 443 g/mol. The molecule has 0 aliphatic carbocycles. The number of carbonyl (C=O) groups is 1. The van der Waals surface area contributed by atoms with Crippen molar-refractivity contribution >= 4 is 44.8 Å². The lowest BCUT2D eigenvalue weighted by Gasteiger charge is -2.34. The molecular weight excluding hydrogens is 423 g/mol. The quantitative estimate of drug-likeness (QED) is 0.774. The predicted octanol–water partition coefficient (Wildman–Crippen LogP) is 4.04. The van der Waals surface area contributed by atoms with Crippen LogP contribution < -0.4 is 5.32 Å². The van der Waals surface area contributed by atoms with Gasteiger partial charge in [0.05, 0.1) is 17.1 Å². The highest BCUT2D eigenvalue weighted by Crippen LogP contribution is 2.24. The number of nitrogens with one attached hydrogen (secondary N) is 1. The molecule has 9 heteroatoms. The van der Waals surface area contributed by atoms with Crippen molar-refractivity contribution in [3.8, 4) is 0 Å². The Morgan fingerprint density at radius 3 is 2.11 bits per heavy atom. The van der Waals surface area contributed by atoms with Crippen LogP contribution in [0.4, 0.5) is 5.69 Å². The Morgan fingerprint density at radius 1 is 1.04 bits per heavy atom. The number of hydrogen-bond donors (Lipinski definition) is 1. The molecule has 150 valence electrons. The Labute approximate surface area is 174 Å². The maximum atomic E-state index is 12.9. The minimum absolute atomic E-state index is 0.135. The number of halogens is 2. The maximum Gasteiger partial charge on any atom is 0.255 e. The third kappa shape index (κ3) is 4.85. The summed E-state index contributed by atoms with van der Waals surface area (Å²) in [7, 11) is -3.65.